The van der Waals surface area contributed by atoms with Crippen LogP contribution in [0.1, 0.15) is 68.1 Å². The minimum absolute atomic E-state index is 0.103. The monoisotopic (exact) mass is 617 g/mol. The van der Waals surface area contributed by atoms with E-state index in [-0.39, 0.29) is 38.6 Å². The molecule has 0 saturated carbocycles. The molecule has 47 heavy (non-hydrogen) atoms. The van der Waals surface area contributed by atoms with E-state index in [2.05, 4.69) is 58.0 Å². The zero-order valence-electron chi connectivity index (χ0n) is 39.8. The molecule has 0 radical (unpaired) electrons. The zero-order chi connectivity index (χ0) is 43.4. The summed E-state index contributed by atoms with van der Waals surface area (Å²) in [6.07, 6.45) is 1.77. The lowest BCUT2D eigenvalue weighted by Crippen LogP contribution is -1.94. The van der Waals surface area contributed by atoms with Gasteiger partial charge < -0.3 is 0 Å². The van der Waals surface area contributed by atoms with Gasteiger partial charge in [0.25, 0.3) is 0 Å². The Labute approximate surface area is 296 Å². The molecule has 0 bridgehead atoms. The summed E-state index contributed by atoms with van der Waals surface area (Å²) >= 11 is 0. The van der Waals surface area contributed by atoms with Crippen LogP contribution in [0, 0.1) is 0 Å². The van der Waals surface area contributed by atoms with E-state index in [9.17, 15) is 5.48 Å². The van der Waals surface area contributed by atoms with Gasteiger partial charge in [-0.2, -0.15) is 0 Å². The highest BCUT2D eigenvalue weighted by atomic mass is 14.2. The standard InChI is InChI=1S/C47H40/c1-5-31-24-32(6-2)26-37(25-31)35-20-21-36-29-45(38-23-22-34(30(3)4)27-44(38)43(36)28-35)47-41-18-12-10-16-39(41)46(33-14-8-7-9-15-33)40-17-11-13-19-42(40)47/h7-30H,5-6H2,1-4H3/i7D,8D,9D,10D,11D,12D,13D,14D,15D,16D,17D,18D,19D. The first-order chi connectivity index (χ1) is 28.4. The molecule has 0 spiro atoms. The van der Waals surface area contributed by atoms with E-state index in [1.54, 1.807) is 0 Å². The molecule has 0 saturated heterocycles. The summed E-state index contributed by atoms with van der Waals surface area (Å²) in [7, 11) is 0. The van der Waals surface area contributed by atoms with E-state index in [0.717, 1.165) is 45.7 Å². The van der Waals surface area contributed by atoms with Crippen molar-refractivity contribution in [3.63, 3.8) is 0 Å². The largest absolute Gasteiger partial charge is 0.0629 e. The first-order valence-corrected chi connectivity index (χ1v) is 16.1. The minimum atomic E-state index is -0.703. The maximum Gasteiger partial charge on any atom is 0.0629 e. The first kappa shape index (κ1) is 18.2. The number of rotatable bonds is 6. The Hall–Kier alpha value is -5.20. The molecule has 0 heteroatoms. The highest BCUT2D eigenvalue weighted by Crippen LogP contribution is 2.47. The molecule has 0 aliphatic carbocycles. The first-order valence-electron chi connectivity index (χ1n) is 22.6. The van der Waals surface area contributed by atoms with E-state index < -0.39 is 84.1 Å². The van der Waals surface area contributed by atoms with E-state index in [1.807, 2.05) is 30.3 Å². The molecule has 0 aliphatic heterocycles. The van der Waals surface area contributed by atoms with Crippen molar-refractivity contribution >= 4 is 43.1 Å². The third kappa shape index (κ3) is 5.00. The maximum absolute atomic E-state index is 9.47. The van der Waals surface area contributed by atoms with Crippen LogP contribution in [0.3, 0.4) is 0 Å². The molecule has 8 aromatic carbocycles. The molecule has 8 aromatic rings. The van der Waals surface area contributed by atoms with Crippen molar-refractivity contribution in [3.05, 3.63) is 156 Å². The van der Waals surface area contributed by atoms with Crippen LogP contribution in [0.25, 0.3) is 76.5 Å². The van der Waals surface area contributed by atoms with E-state index >= 15 is 0 Å². The molecule has 0 amide bonds. The molecule has 0 unspecified atom stereocenters. The van der Waals surface area contributed by atoms with Crippen molar-refractivity contribution in [2.24, 2.45) is 0 Å². The van der Waals surface area contributed by atoms with Crippen molar-refractivity contribution in [1.82, 2.24) is 0 Å². The molecule has 0 heterocycles. The van der Waals surface area contributed by atoms with E-state index in [4.69, 9.17) is 12.3 Å². The third-order valence-electron chi connectivity index (χ3n) is 9.24. The number of aryl methyl sites for hydroxylation is 2. The van der Waals surface area contributed by atoms with Gasteiger partial charge in [0.1, 0.15) is 0 Å². The van der Waals surface area contributed by atoms with Crippen LogP contribution in [0.5, 0.6) is 0 Å². The third-order valence-corrected chi connectivity index (χ3v) is 9.24. The fourth-order valence-electron chi connectivity index (χ4n) is 6.77. The van der Waals surface area contributed by atoms with E-state index in [1.165, 1.54) is 11.1 Å². The predicted molar refractivity (Wildman–Crippen MR) is 206 cm³/mol. The van der Waals surface area contributed by atoms with Crippen LogP contribution in [-0.2, 0) is 12.8 Å². The van der Waals surface area contributed by atoms with Crippen molar-refractivity contribution in [3.8, 4) is 33.4 Å². The number of benzene rings is 8. The maximum atomic E-state index is 9.47. The van der Waals surface area contributed by atoms with Crippen LogP contribution in [0.4, 0.5) is 0 Å². The predicted octanol–water partition coefficient (Wildman–Crippen LogP) is 13.5. The molecular weight excluding hydrogens is 565 g/mol. The molecule has 0 aliphatic rings. The van der Waals surface area contributed by atoms with Gasteiger partial charge in [-0.25, -0.2) is 0 Å². The summed E-state index contributed by atoms with van der Waals surface area (Å²) in [5.41, 5.74) is 5.43. The average Bonchev–Trinajstić information content (AvgIpc) is 3.25. The van der Waals surface area contributed by atoms with Crippen LogP contribution in [0.15, 0.2) is 139 Å². The number of fused-ring (bicyclic) bond motifs is 5. The quantitative estimate of drug-likeness (QED) is 0.129. The summed E-state index contributed by atoms with van der Waals surface area (Å²) in [5, 5.41) is 2.54. The normalized spacial score (nSPS) is 15.6. The SMILES string of the molecule is [2H]c1c([2H])c([2H])c(-c2c3c([2H])c([2H])c([2H])c([2H])c3c(-c3cc4ccc(-c5cc(CC)cc(CC)c5)cc4c4cc(C(C)C)ccc34)c3c([2H])c([2H])c([2H])c([2H])c23)c([2H])c1[2H]. The summed E-state index contributed by atoms with van der Waals surface area (Å²) in [6, 6.07) is 12.6. The second-order valence-electron chi connectivity index (χ2n) is 12.3. The van der Waals surface area contributed by atoms with Gasteiger partial charge in [0, 0.05) is 0 Å². The lowest BCUT2D eigenvalue weighted by molar-refractivity contribution is 0.869. The Bertz CT molecular complexity index is 3050. The van der Waals surface area contributed by atoms with Gasteiger partial charge in [0.2, 0.25) is 0 Å². The molecule has 228 valence electrons. The van der Waals surface area contributed by atoms with Crippen molar-refractivity contribution in [2.75, 3.05) is 0 Å². The van der Waals surface area contributed by atoms with Gasteiger partial charge >= 0.3 is 0 Å². The second kappa shape index (κ2) is 11.9. The van der Waals surface area contributed by atoms with Gasteiger partial charge in [-0.1, -0.05) is 155 Å². The van der Waals surface area contributed by atoms with Crippen molar-refractivity contribution in [1.29, 1.82) is 0 Å². The Morgan fingerprint density at radius 2 is 1.06 bits per heavy atom. The van der Waals surface area contributed by atoms with Crippen molar-refractivity contribution < 1.29 is 17.8 Å². The van der Waals surface area contributed by atoms with Gasteiger partial charge in [-0.3, -0.25) is 0 Å². The topological polar surface area (TPSA) is 0 Å². The molecule has 0 N–H and O–H groups in total. The summed E-state index contributed by atoms with van der Waals surface area (Å²) in [6.45, 7) is 8.44. The highest BCUT2D eigenvalue weighted by Gasteiger charge is 2.19. The highest BCUT2D eigenvalue weighted by molar-refractivity contribution is 6.26. The summed E-state index contributed by atoms with van der Waals surface area (Å²) < 4.78 is 116. The molecule has 0 aromatic heterocycles. The van der Waals surface area contributed by atoms with Gasteiger partial charge in [0.15, 0.2) is 0 Å². The Morgan fingerprint density at radius 3 is 1.66 bits per heavy atom. The van der Waals surface area contributed by atoms with Crippen LogP contribution in [-0.4, -0.2) is 0 Å². The summed E-state index contributed by atoms with van der Waals surface area (Å²) in [4.78, 5) is 0. The second-order valence-corrected chi connectivity index (χ2v) is 12.3. The molecule has 0 nitrogen and oxygen atoms in total. The minimum Gasteiger partial charge on any atom is -0.0622 e. The lowest BCUT2D eigenvalue weighted by Gasteiger charge is -2.20. The van der Waals surface area contributed by atoms with Crippen molar-refractivity contribution in [2.45, 2.75) is 46.5 Å². The van der Waals surface area contributed by atoms with Crippen LogP contribution < -0.4 is 0 Å². The zero-order valence-corrected chi connectivity index (χ0v) is 26.8. The molecule has 0 atom stereocenters. The lowest BCUT2D eigenvalue weighted by atomic mass is 9.83. The van der Waals surface area contributed by atoms with Crippen LogP contribution >= 0.6 is 0 Å². The fourth-order valence-corrected chi connectivity index (χ4v) is 6.77. The summed E-state index contributed by atoms with van der Waals surface area (Å²) in [5.74, 6) is 0.141. The number of hydrogen-bond acceptors (Lipinski definition) is 0. The Kier molecular flexibility index (Phi) is 4.60. The van der Waals surface area contributed by atoms with Crippen LogP contribution in [0.2, 0.25) is 0 Å². The van der Waals surface area contributed by atoms with Gasteiger partial charge in [-0.05, 0) is 124 Å². The molecule has 0 fully saturated rings. The van der Waals surface area contributed by atoms with Gasteiger partial charge in [0.05, 0.1) is 17.8 Å². The average molecular weight is 618 g/mol. The fraction of sp³-hybridized carbons (Fsp3) is 0.149. The van der Waals surface area contributed by atoms with E-state index in [0.29, 0.717) is 10.9 Å². The molecule has 8 rings (SSSR count). The van der Waals surface area contributed by atoms with Gasteiger partial charge in [-0.15, -0.1) is 0 Å². The Balaban J connectivity index is 1.65. The number of hydrogen-bond donors (Lipinski definition) is 0. The molecular formula is C47H40. The smallest absolute Gasteiger partial charge is 0.0622 e. The Morgan fingerprint density at radius 1 is 0.468 bits per heavy atom.